The normalized spacial score (nSPS) is 19.2. The average molecular weight is 317 g/mol. The molecule has 1 atom stereocenters. The number of carbonyl (C=O) groups excluding carboxylic acids is 1. The van der Waals surface area contributed by atoms with E-state index in [2.05, 4.69) is 47.3 Å². The Labute approximate surface area is 140 Å². The Morgan fingerprint density at radius 2 is 1.96 bits per heavy atom. The topological polar surface area (TPSA) is 39.3 Å². The van der Waals surface area contributed by atoms with Crippen LogP contribution in [0.15, 0.2) is 42.5 Å². The van der Waals surface area contributed by atoms with Gasteiger partial charge in [-0.05, 0) is 36.6 Å². The highest BCUT2D eigenvalue weighted by Gasteiger charge is 2.41. The summed E-state index contributed by atoms with van der Waals surface area (Å²) >= 11 is 0. The molecule has 1 amide bonds. The van der Waals surface area contributed by atoms with Crippen molar-refractivity contribution in [3.8, 4) is 0 Å². The summed E-state index contributed by atoms with van der Waals surface area (Å²) in [6.07, 6.45) is 0.847. The summed E-state index contributed by atoms with van der Waals surface area (Å²) in [6, 6.07) is 14.5. The van der Waals surface area contributed by atoms with Crippen LogP contribution in [-0.4, -0.2) is 29.4 Å². The van der Waals surface area contributed by atoms with E-state index in [1.807, 2.05) is 24.0 Å². The van der Waals surface area contributed by atoms with Crippen molar-refractivity contribution in [3.63, 3.8) is 0 Å². The number of H-pyrrole nitrogens is 1. The van der Waals surface area contributed by atoms with Gasteiger partial charge in [-0.2, -0.15) is 0 Å². The molecule has 3 heterocycles. The fourth-order valence-corrected chi connectivity index (χ4v) is 4.34. The molecule has 0 bridgehead atoms. The highest BCUT2D eigenvalue weighted by atomic mass is 16.2. The number of amides is 1. The molecule has 4 nitrogen and oxygen atoms in total. The number of aromatic amines is 1. The number of aromatic nitrogens is 1. The number of aryl methyl sites for hydroxylation is 1. The van der Waals surface area contributed by atoms with Crippen LogP contribution in [0.2, 0.25) is 0 Å². The summed E-state index contributed by atoms with van der Waals surface area (Å²) in [5.74, 6) is 0.149. The van der Waals surface area contributed by atoms with E-state index in [0.29, 0.717) is 0 Å². The Morgan fingerprint density at radius 1 is 1.12 bits per heavy atom. The zero-order valence-electron chi connectivity index (χ0n) is 13.8. The van der Waals surface area contributed by atoms with Gasteiger partial charge in [0.25, 0.3) is 5.91 Å². The average Bonchev–Trinajstić information content (AvgIpc) is 2.97. The molecule has 4 heteroatoms. The second kappa shape index (κ2) is 4.63. The molecule has 24 heavy (non-hydrogen) atoms. The molecule has 5 rings (SSSR count). The van der Waals surface area contributed by atoms with Gasteiger partial charge in [0.15, 0.2) is 0 Å². The Bertz CT molecular complexity index is 988. The Balaban J connectivity index is 1.75. The maximum Gasteiger partial charge on any atom is 0.258 e. The van der Waals surface area contributed by atoms with Crippen molar-refractivity contribution in [1.82, 2.24) is 9.88 Å². The molecule has 0 aliphatic carbocycles. The molecule has 1 aromatic heterocycles. The van der Waals surface area contributed by atoms with Crippen molar-refractivity contribution < 1.29 is 4.79 Å². The number of benzene rings is 2. The molecule has 2 aliphatic heterocycles. The Kier molecular flexibility index (Phi) is 2.64. The zero-order chi connectivity index (χ0) is 16.4. The number of rotatable bonds is 0. The first kappa shape index (κ1) is 13.7. The molecule has 0 saturated carbocycles. The third-order valence-electron chi connectivity index (χ3n) is 5.48. The van der Waals surface area contributed by atoms with Crippen LogP contribution in [0.5, 0.6) is 0 Å². The van der Waals surface area contributed by atoms with Crippen molar-refractivity contribution in [2.24, 2.45) is 0 Å². The van der Waals surface area contributed by atoms with E-state index < -0.39 is 0 Å². The highest BCUT2D eigenvalue weighted by molar-refractivity contribution is 6.03. The van der Waals surface area contributed by atoms with Crippen LogP contribution in [-0.2, 0) is 6.42 Å². The minimum atomic E-state index is -0.0528. The molecule has 2 aromatic carbocycles. The van der Waals surface area contributed by atoms with E-state index in [4.69, 9.17) is 0 Å². The van der Waals surface area contributed by atoms with Crippen LogP contribution in [0.25, 0.3) is 10.9 Å². The highest BCUT2D eigenvalue weighted by Crippen LogP contribution is 2.43. The summed E-state index contributed by atoms with van der Waals surface area (Å²) < 4.78 is 0. The molecule has 0 fully saturated rings. The van der Waals surface area contributed by atoms with Gasteiger partial charge in [-0.15, -0.1) is 0 Å². The number of para-hydroxylation sites is 1. The molecule has 0 spiro atoms. The SMILES string of the molecule is Cc1cccc2c1C(=O)N1CCc3c([nH]c4ccccc34)C1N2C. The zero-order valence-corrected chi connectivity index (χ0v) is 13.8. The Hall–Kier alpha value is -2.75. The smallest absolute Gasteiger partial charge is 0.258 e. The van der Waals surface area contributed by atoms with Gasteiger partial charge in [0.1, 0.15) is 6.17 Å². The van der Waals surface area contributed by atoms with Crippen molar-refractivity contribution in [3.05, 3.63) is 64.8 Å². The monoisotopic (exact) mass is 317 g/mol. The summed E-state index contributed by atoms with van der Waals surface area (Å²) in [7, 11) is 2.09. The van der Waals surface area contributed by atoms with Crippen molar-refractivity contribution >= 4 is 22.5 Å². The first-order valence-corrected chi connectivity index (χ1v) is 8.39. The number of hydrogen-bond donors (Lipinski definition) is 1. The summed E-state index contributed by atoms with van der Waals surface area (Å²) in [5, 5.41) is 1.28. The third-order valence-corrected chi connectivity index (χ3v) is 5.48. The van der Waals surface area contributed by atoms with Crippen LogP contribution in [0.1, 0.15) is 33.3 Å². The van der Waals surface area contributed by atoms with Crippen LogP contribution in [0, 0.1) is 6.92 Å². The number of carbonyl (C=O) groups is 1. The molecule has 3 aromatic rings. The first-order chi connectivity index (χ1) is 11.7. The summed E-state index contributed by atoms with van der Waals surface area (Å²) in [5.41, 5.74) is 6.57. The van der Waals surface area contributed by atoms with Crippen LogP contribution < -0.4 is 4.90 Å². The molecule has 120 valence electrons. The lowest BCUT2D eigenvalue weighted by Crippen LogP contribution is -2.51. The van der Waals surface area contributed by atoms with Gasteiger partial charge in [0.2, 0.25) is 0 Å². The van der Waals surface area contributed by atoms with Crippen molar-refractivity contribution in [2.45, 2.75) is 19.5 Å². The Morgan fingerprint density at radius 3 is 2.83 bits per heavy atom. The standard InChI is InChI=1S/C20H19N3O/c1-12-6-5-9-16-17(12)20(24)23-11-10-14-13-7-3-4-8-15(13)21-18(14)19(23)22(16)2/h3-9,19,21H,10-11H2,1-2H3. The van der Waals surface area contributed by atoms with E-state index in [1.54, 1.807) is 0 Å². The quantitative estimate of drug-likeness (QED) is 0.688. The van der Waals surface area contributed by atoms with Crippen molar-refractivity contribution in [2.75, 3.05) is 18.5 Å². The van der Waals surface area contributed by atoms with Crippen LogP contribution in [0.3, 0.4) is 0 Å². The number of nitrogens with zero attached hydrogens (tertiary/aromatic N) is 2. The summed E-state index contributed by atoms with van der Waals surface area (Å²) in [4.78, 5) is 20.9. The minimum absolute atomic E-state index is 0.0528. The molecule has 0 saturated heterocycles. The van der Waals surface area contributed by atoms with Gasteiger partial charge in [-0.3, -0.25) is 4.79 Å². The van der Waals surface area contributed by atoms with Gasteiger partial charge >= 0.3 is 0 Å². The lowest BCUT2D eigenvalue weighted by atomic mass is 9.94. The van der Waals surface area contributed by atoms with Gasteiger partial charge in [0, 0.05) is 24.5 Å². The van der Waals surface area contributed by atoms with Crippen LogP contribution in [0.4, 0.5) is 5.69 Å². The van der Waals surface area contributed by atoms with E-state index in [1.165, 1.54) is 10.9 Å². The van der Waals surface area contributed by atoms with E-state index in [-0.39, 0.29) is 12.1 Å². The third kappa shape index (κ3) is 1.60. The molecule has 1 N–H and O–H groups in total. The maximum absolute atomic E-state index is 13.1. The lowest BCUT2D eigenvalue weighted by molar-refractivity contribution is 0.0634. The minimum Gasteiger partial charge on any atom is -0.355 e. The first-order valence-electron chi connectivity index (χ1n) is 8.39. The van der Waals surface area contributed by atoms with Gasteiger partial charge < -0.3 is 14.8 Å². The number of hydrogen-bond acceptors (Lipinski definition) is 2. The van der Waals surface area contributed by atoms with E-state index >= 15 is 0 Å². The van der Waals surface area contributed by atoms with Gasteiger partial charge in [0.05, 0.1) is 16.9 Å². The van der Waals surface area contributed by atoms with E-state index in [0.717, 1.165) is 41.0 Å². The lowest BCUT2D eigenvalue weighted by Gasteiger charge is -2.46. The van der Waals surface area contributed by atoms with Gasteiger partial charge in [-0.25, -0.2) is 0 Å². The molecule has 0 radical (unpaired) electrons. The van der Waals surface area contributed by atoms with E-state index in [9.17, 15) is 4.79 Å². The predicted octanol–water partition coefficient (Wildman–Crippen LogP) is 3.62. The molecular weight excluding hydrogens is 298 g/mol. The molecule has 2 aliphatic rings. The molecular formula is C20H19N3O. The molecule has 1 unspecified atom stereocenters. The van der Waals surface area contributed by atoms with Crippen LogP contribution >= 0.6 is 0 Å². The maximum atomic E-state index is 13.1. The summed E-state index contributed by atoms with van der Waals surface area (Å²) in [6.45, 7) is 2.78. The van der Waals surface area contributed by atoms with Gasteiger partial charge in [-0.1, -0.05) is 30.3 Å². The second-order valence-electron chi connectivity index (χ2n) is 6.76. The van der Waals surface area contributed by atoms with Crippen molar-refractivity contribution in [1.29, 1.82) is 0 Å². The number of anilines is 1. The second-order valence-corrected chi connectivity index (χ2v) is 6.76. The fraction of sp³-hybridized carbons (Fsp3) is 0.250. The number of fused-ring (bicyclic) bond motifs is 6. The number of nitrogens with one attached hydrogen (secondary N) is 1. The fourth-order valence-electron chi connectivity index (χ4n) is 4.34. The predicted molar refractivity (Wildman–Crippen MR) is 95.4 cm³/mol. The largest absolute Gasteiger partial charge is 0.355 e.